The zero-order chi connectivity index (χ0) is 23.2. The average Bonchev–Trinajstić information content (AvgIpc) is 2.83. The molecule has 3 nitrogen and oxygen atoms in total. The minimum absolute atomic E-state index is 0. The molecule has 0 aliphatic carbocycles. The van der Waals surface area contributed by atoms with Gasteiger partial charge in [0.2, 0.25) is 0 Å². The molecule has 3 aliphatic heterocycles. The maximum Gasteiger partial charge on any atom is 0.416 e. The molecule has 5 atom stereocenters. The Morgan fingerprint density at radius 1 is 1.12 bits per heavy atom. The van der Waals surface area contributed by atoms with Gasteiger partial charge in [-0.3, -0.25) is 4.98 Å². The molecule has 0 saturated carbocycles. The lowest BCUT2D eigenvalue weighted by atomic mass is 9.71. The van der Waals surface area contributed by atoms with Crippen LogP contribution in [0.4, 0.5) is 13.2 Å². The Labute approximate surface area is 208 Å². The third-order valence-corrected chi connectivity index (χ3v) is 7.82. The molecule has 0 amide bonds. The summed E-state index contributed by atoms with van der Waals surface area (Å²) in [5.41, 5.74) is 1.96. The number of para-hydroxylation sites is 1. The predicted molar refractivity (Wildman–Crippen MR) is 132 cm³/mol. The van der Waals surface area contributed by atoms with Crippen molar-refractivity contribution in [3.8, 4) is 0 Å². The largest absolute Gasteiger partial charge is 0.416 e. The standard InChI is InChI=1S/C27H28F3N2O.BrH/c1-2-19-17-32(16-18-7-9-21(10-8-18)27(28,29)30)14-12-20(19)15-25(32)26(33)23-11-13-31-24-6-4-3-5-22(23)24;/h2-11,13,19-20,25-26,33H,1,12,14-17H2;1H/q+1;/t19-,20-,25+,26-,32?;/m0./s1. The molecule has 7 heteroatoms. The molecular formula is C27H29BrF3N2O+. The molecule has 0 radical (unpaired) electrons. The molecule has 0 spiro atoms. The van der Waals surface area contributed by atoms with Gasteiger partial charge in [0, 0.05) is 35.9 Å². The fourth-order valence-corrected chi connectivity index (χ4v) is 6.13. The molecule has 34 heavy (non-hydrogen) atoms. The summed E-state index contributed by atoms with van der Waals surface area (Å²) in [6.07, 6.45) is 0.648. The summed E-state index contributed by atoms with van der Waals surface area (Å²) in [6, 6.07) is 15.2. The zero-order valence-corrected chi connectivity index (χ0v) is 20.5. The third-order valence-electron chi connectivity index (χ3n) is 7.82. The van der Waals surface area contributed by atoms with Gasteiger partial charge in [0.05, 0.1) is 24.2 Å². The van der Waals surface area contributed by atoms with Crippen molar-refractivity contribution < 1.29 is 22.8 Å². The summed E-state index contributed by atoms with van der Waals surface area (Å²) in [7, 11) is 0. The number of rotatable bonds is 5. The predicted octanol–water partition coefficient (Wildman–Crippen LogP) is 6.48. The summed E-state index contributed by atoms with van der Waals surface area (Å²) in [4.78, 5) is 4.43. The molecule has 3 fully saturated rings. The molecule has 1 N–H and O–H groups in total. The summed E-state index contributed by atoms with van der Waals surface area (Å²) >= 11 is 0. The fourth-order valence-electron chi connectivity index (χ4n) is 6.13. The average molecular weight is 534 g/mol. The van der Waals surface area contributed by atoms with Gasteiger partial charge in [-0.1, -0.05) is 36.4 Å². The van der Waals surface area contributed by atoms with Gasteiger partial charge in [-0.25, -0.2) is 0 Å². The van der Waals surface area contributed by atoms with Crippen LogP contribution in [0.25, 0.3) is 10.9 Å². The van der Waals surface area contributed by atoms with Crippen LogP contribution in [0.2, 0.25) is 0 Å². The maximum atomic E-state index is 13.1. The van der Waals surface area contributed by atoms with Crippen LogP contribution in [0.5, 0.6) is 0 Å². The van der Waals surface area contributed by atoms with Crippen LogP contribution >= 0.6 is 17.0 Å². The first-order valence-electron chi connectivity index (χ1n) is 11.5. The molecule has 3 aromatic rings. The van der Waals surface area contributed by atoms with Crippen molar-refractivity contribution in [2.75, 3.05) is 13.1 Å². The van der Waals surface area contributed by atoms with Crippen molar-refractivity contribution in [3.63, 3.8) is 0 Å². The molecule has 6 rings (SSSR count). The first kappa shape index (κ1) is 24.9. The Hall–Kier alpha value is -2.22. The van der Waals surface area contributed by atoms with Gasteiger partial charge in [-0.2, -0.15) is 13.2 Å². The lowest BCUT2D eigenvalue weighted by Gasteiger charge is -2.58. The van der Waals surface area contributed by atoms with E-state index in [9.17, 15) is 18.3 Å². The van der Waals surface area contributed by atoms with E-state index in [1.165, 1.54) is 0 Å². The highest BCUT2D eigenvalue weighted by Crippen LogP contribution is 2.48. The number of halogens is 4. The van der Waals surface area contributed by atoms with Gasteiger partial charge in [0.25, 0.3) is 0 Å². The van der Waals surface area contributed by atoms with Gasteiger partial charge in [0.1, 0.15) is 18.7 Å². The van der Waals surface area contributed by atoms with Crippen LogP contribution in [0.3, 0.4) is 0 Å². The first-order valence-corrected chi connectivity index (χ1v) is 11.5. The second-order valence-corrected chi connectivity index (χ2v) is 9.59. The van der Waals surface area contributed by atoms with Crippen molar-refractivity contribution in [1.29, 1.82) is 0 Å². The zero-order valence-electron chi connectivity index (χ0n) is 18.8. The van der Waals surface area contributed by atoms with Crippen LogP contribution in [0, 0.1) is 11.8 Å². The monoisotopic (exact) mass is 533 g/mol. The molecule has 3 aliphatic rings. The first-order chi connectivity index (χ1) is 15.8. The van der Waals surface area contributed by atoms with Crippen LogP contribution in [0.1, 0.15) is 35.6 Å². The van der Waals surface area contributed by atoms with E-state index < -0.39 is 17.8 Å². The minimum atomic E-state index is -4.34. The second kappa shape index (κ2) is 9.44. The van der Waals surface area contributed by atoms with E-state index in [1.807, 2.05) is 36.4 Å². The highest BCUT2D eigenvalue weighted by molar-refractivity contribution is 8.93. The number of hydrogen-bond donors (Lipinski definition) is 1. The van der Waals surface area contributed by atoms with Crippen molar-refractivity contribution in [1.82, 2.24) is 4.98 Å². The van der Waals surface area contributed by atoms with E-state index in [2.05, 4.69) is 11.6 Å². The van der Waals surface area contributed by atoms with Crippen molar-refractivity contribution in [2.45, 2.75) is 37.7 Å². The molecule has 2 aromatic carbocycles. The number of hydrogen-bond acceptors (Lipinski definition) is 2. The van der Waals surface area contributed by atoms with Crippen LogP contribution in [-0.4, -0.2) is 33.7 Å². The number of aliphatic hydroxyl groups is 1. The lowest BCUT2D eigenvalue weighted by Crippen LogP contribution is -2.67. The Morgan fingerprint density at radius 2 is 1.85 bits per heavy atom. The number of nitrogens with zero attached hydrogens (tertiary/aromatic N) is 2. The van der Waals surface area contributed by atoms with E-state index >= 15 is 0 Å². The second-order valence-electron chi connectivity index (χ2n) is 9.59. The smallest absolute Gasteiger partial charge is 0.382 e. The van der Waals surface area contributed by atoms with E-state index in [-0.39, 0.29) is 23.0 Å². The number of pyridine rings is 1. The SMILES string of the molecule is Br.C=C[C@H]1C[N+]2(Cc3ccc(C(F)(F)F)cc3)CC[C@H]1C[C@@H]2[C@@H](O)c1ccnc2ccccc12. The Bertz CT molecular complexity index is 1160. The van der Waals surface area contributed by atoms with Gasteiger partial charge in [0.15, 0.2) is 0 Å². The number of piperidine rings is 3. The molecule has 3 saturated heterocycles. The Morgan fingerprint density at radius 3 is 2.56 bits per heavy atom. The van der Waals surface area contributed by atoms with Gasteiger partial charge in [-0.15, -0.1) is 23.6 Å². The van der Waals surface area contributed by atoms with E-state index in [1.54, 1.807) is 18.3 Å². The van der Waals surface area contributed by atoms with Crippen LogP contribution < -0.4 is 0 Å². The van der Waals surface area contributed by atoms with Crippen LogP contribution in [-0.2, 0) is 12.7 Å². The molecule has 1 aromatic heterocycles. The number of fused-ring (bicyclic) bond motifs is 4. The fraction of sp³-hybridized carbons (Fsp3) is 0.370. The van der Waals surface area contributed by atoms with Crippen molar-refractivity contribution >= 4 is 27.9 Å². The van der Waals surface area contributed by atoms with Gasteiger partial charge in [-0.05, 0) is 35.7 Å². The highest BCUT2D eigenvalue weighted by Gasteiger charge is 2.54. The molecule has 1 unspecified atom stereocenters. The molecular weight excluding hydrogens is 505 g/mol. The number of benzene rings is 2. The third kappa shape index (κ3) is 4.41. The quantitative estimate of drug-likeness (QED) is 0.301. The minimum Gasteiger partial charge on any atom is -0.382 e. The number of quaternary nitrogens is 1. The normalized spacial score (nSPS) is 27.2. The number of alkyl halides is 3. The lowest BCUT2D eigenvalue weighted by molar-refractivity contribution is -0.984. The highest BCUT2D eigenvalue weighted by atomic mass is 79.9. The Kier molecular flexibility index (Phi) is 6.91. The molecule has 180 valence electrons. The molecule has 2 bridgehead atoms. The van der Waals surface area contributed by atoms with Crippen LogP contribution in [0.15, 0.2) is 73.4 Å². The summed E-state index contributed by atoms with van der Waals surface area (Å²) < 4.78 is 39.8. The molecule has 4 heterocycles. The summed E-state index contributed by atoms with van der Waals surface area (Å²) in [5.74, 6) is 0.827. The number of aromatic nitrogens is 1. The van der Waals surface area contributed by atoms with Gasteiger partial charge < -0.3 is 9.59 Å². The van der Waals surface area contributed by atoms with E-state index in [0.29, 0.717) is 22.9 Å². The van der Waals surface area contributed by atoms with E-state index in [0.717, 1.165) is 60.1 Å². The topological polar surface area (TPSA) is 33.1 Å². The van der Waals surface area contributed by atoms with E-state index in [4.69, 9.17) is 0 Å². The summed E-state index contributed by atoms with van der Waals surface area (Å²) in [5, 5.41) is 12.6. The number of aliphatic hydroxyl groups excluding tert-OH is 1. The van der Waals surface area contributed by atoms with Gasteiger partial charge >= 0.3 is 6.18 Å². The van der Waals surface area contributed by atoms with Crippen molar-refractivity contribution in [2.24, 2.45) is 11.8 Å². The summed E-state index contributed by atoms with van der Waals surface area (Å²) in [6.45, 7) is 6.39. The maximum absolute atomic E-state index is 13.1. The Balaban J connectivity index is 0.00000274. The van der Waals surface area contributed by atoms with Crippen molar-refractivity contribution in [3.05, 3.63) is 90.1 Å².